The molecule has 2 rings (SSSR count). The Hall–Kier alpha value is -1.51. The number of ether oxygens (including phenoxy) is 1. The van der Waals surface area contributed by atoms with Crippen LogP contribution in [0.5, 0.6) is 5.75 Å². The largest absolute Gasteiger partial charge is 0.496 e. The predicted molar refractivity (Wildman–Crippen MR) is 111 cm³/mol. The van der Waals surface area contributed by atoms with Crippen molar-refractivity contribution in [1.82, 2.24) is 10.2 Å². The van der Waals surface area contributed by atoms with Crippen molar-refractivity contribution in [1.29, 1.82) is 0 Å². The zero-order valence-electron chi connectivity index (χ0n) is 15.0. The van der Waals surface area contributed by atoms with E-state index in [4.69, 9.17) is 15.5 Å². The second-order valence-electron chi connectivity index (χ2n) is 6.11. The third-order valence-electron chi connectivity index (χ3n) is 4.23. The maximum Gasteiger partial charge on any atom is 0.217 e. The number of likely N-dealkylation sites (tertiary alicyclic amines) is 1. The predicted octanol–water partition coefficient (Wildman–Crippen LogP) is 2.37. The van der Waals surface area contributed by atoms with Gasteiger partial charge < -0.3 is 20.7 Å². The molecule has 0 bridgehead atoms. The summed E-state index contributed by atoms with van der Waals surface area (Å²) in [6.07, 6.45) is 2.55. The second-order valence-corrected chi connectivity index (χ2v) is 6.11. The molecule has 1 fully saturated rings. The normalized spacial score (nSPS) is 17.6. The first-order chi connectivity index (χ1) is 11.6. The number of primary amides is 1. The Kier molecular flexibility index (Phi) is 9.62. The number of rotatable bonds is 6. The minimum atomic E-state index is -0.224. The van der Waals surface area contributed by atoms with Gasteiger partial charge in [0.2, 0.25) is 5.91 Å². The van der Waals surface area contributed by atoms with Gasteiger partial charge in [0.05, 0.1) is 13.7 Å². The van der Waals surface area contributed by atoms with E-state index >= 15 is 0 Å². The lowest BCUT2D eigenvalue weighted by Gasteiger charge is -2.34. The van der Waals surface area contributed by atoms with Crippen LogP contribution in [0.4, 0.5) is 0 Å². The van der Waals surface area contributed by atoms with Crippen molar-refractivity contribution in [3.8, 4) is 5.75 Å². The molecule has 1 aromatic carbocycles. The summed E-state index contributed by atoms with van der Waals surface area (Å²) in [5, 5.41) is 3.35. The van der Waals surface area contributed by atoms with E-state index < -0.39 is 0 Å². The van der Waals surface area contributed by atoms with Crippen molar-refractivity contribution >= 4 is 35.8 Å². The molecule has 0 spiro atoms. The zero-order valence-corrected chi connectivity index (χ0v) is 17.4. The van der Waals surface area contributed by atoms with E-state index in [1.165, 1.54) is 0 Å². The highest BCUT2D eigenvalue weighted by atomic mass is 127. The summed E-state index contributed by atoms with van der Waals surface area (Å²) in [7, 11) is 1.67. The van der Waals surface area contributed by atoms with E-state index in [1.807, 2.05) is 24.3 Å². The average Bonchev–Trinajstić information content (AvgIpc) is 2.58. The van der Waals surface area contributed by atoms with Crippen molar-refractivity contribution in [3.63, 3.8) is 0 Å². The molecule has 6 nitrogen and oxygen atoms in total. The fourth-order valence-corrected chi connectivity index (χ4v) is 3.13. The maximum atomic E-state index is 11.2. The molecule has 1 atom stereocenters. The van der Waals surface area contributed by atoms with Crippen molar-refractivity contribution in [3.05, 3.63) is 29.8 Å². The highest BCUT2D eigenvalue weighted by Crippen LogP contribution is 2.21. The Morgan fingerprint density at radius 2 is 2.20 bits per heavy atom. The van der Waals surface area contributed by atoms with Crippen LogP contribution in [0.25, 0.3) is 0 Å². The summed E-state index contributed by atoms with van der Waals surface area (Å²) in [6.45, 7) is 5.20. The monoisotopic (exact) mass is 460 g/mol. The zero-order chi connectivity index (χ0) is 17.4. The Morgan fingerprint density at radius 1 is 1.44 bits per heavy atom. The number of nitrogens with zero attached hydrogens (tertiary/aromatic N) is 2. The fraction of sp³-hybridized carbons (Fsp3) is 0.556. The van der Waals surface area contributed by atoms with E-state index in [1.54, 1.807) is 7.11 Å². The highest BCUT2D eigenvalue weighted by molar-refractivity contribution is 14.0. The van der Waals surface area contributed by atoms with Crippen LogP contribution in [0, 0.1) is 5.92 Å². The molecule has 140 valence electrons. The smallest absolute Gasteiger partial charge is 0.217 e. The number of benzene rings is 1. The number of nitrogens with one attached hydrogen (secondary N) is 1. The topological polar surface area (TPSA) is 80.0 Å². The number of nitrogens with two attached hydrogens (primary N) is 1. The van der Waals surface area contributed by atoms with Gasteiger partial charge in [0, 0.05) is 31.6 Å². The Bertz CT molecular complexity index is 580. The first kappa shape index (κ1) is 21.5. The molecule has 1 aliphatic heterocycles. The van der Waals surface area contributed by atoms with Crippen LogP contribution in [0.15, 0.2) is 29.3 Å². The fourth-order valence-electron chi connectivity index (χ4n) is 3.13. The van der Waals surface area contributed by atoms with Crippen LogP contribution in [-0.2, 0) is 11.3 Å². The van der Waals surface area contributed by atoms with Gasteiger partial charge in [-0.1, -0.05) is 18.2 Å². The molecular weight excluding hydrogens is 431 g/mol. The number of carbonyl (C=O) groups is 1. The van der Waals surface area contributed by atoms with E-state index in [0.717, 1.165) is 49.7 Å². The highest BCUT2D eigenvalue weighted by Gasteiger charge is 2.23. The van der Waals surface area contributed by atoms with Gasteiger partial charge in [-0.2, -0.15) is 0 Å². The second kappa shape index (κ2) is 11.2. The molecule has 3 N–H and O–H groups in total. The number of hydrogen-bond donors (Lipinski definition) is 2. The van der Waals surface area contributed by atoms with Crippen molar-refractivity contribution < 1.29 is 9.53 Å². The van der Waals surface area contributed by atoms with Gasteiger partial charge in [-0.15, -0.1) is 24.0 Å². The number of piperidine rings is 1. The third kappa shape index (κ3) is 6.72. The maximum absolute atomic E-state index is 11.2. The molecule has 1 aromatic rings. The number of hydrogen-bond acceptors (Lipinski definition) is 3. The molecule has 0 aromatic heterocycles. The van der Waals surface area contributed by atoms with Crippen LogP contribution in [0.3, 0.4) is 0 Å². The number of aliphatic imine (C=N–C) groups is 1. The van der Waals surface area contributed by atoms with Gasteiger partial charge in [0.1, 0.15) is 5.75 Å². The van der Waals surface area contributed by atoms with Crippen LogP contribution >= 0.6 is 24.0 Å². The SMILES string of the molecule is CCNC(=NCc1ccccc1OC)N1CCCC(CC(N)=O)C1.I. The third-order valence-corrected chi connectivity index (χ3v) is 4.23. The van der Waals surface area contributed by atoms with Gasteiger partial charge in [-0.3, -0.25) is 4.79 Å². The molecule has 0 radical (unpaired) electrons. The summed E-state index contributed by atoms with van der Waals surface area (Å²) < 4.78 is 5.39. The van der Waals surface area contributed by atoms with Crippen LogP contribution in [-0.4, -0.2) is 43.5 Å². The van der Waals surface area contributed by atoms with Gasteiger partial charge in [-0.25, -0.2) is 4.99 Å². The van der Waals surface area contributed by atoms with Crippen LogP contribution in [0.2, 0.25) is 0 Å². The molecule has 7 heteroatoms. The van der Waals surface area contributed by atoms with Crippen molar-refractivity contribution in [2.45, 2.75) is 32.7 Å². The first-order valence-corrected chi connectivity index (χ1v) is 8.57. The summed E-state index contributed by atoms with van der Waals surface area (Å²) in [5.41, 5.74) is 6.41. The van der Waals surface area contributed by atoms with E-state index in [0.29, 0.717) is 18.9 Å². The molecule has 0 aliphatic carbocycles. The van der Waals surface area contributed by atoms with Gasteiger partial charge in [-0.05, 0) is 31.7 Å². The number of halogens is 1. The number of guanidine groups is 1. The minimum absolute atomic E-state index is 0. The molecule has 1 heterocycles. The summed E-state index contributed by atoms with van der Waals surface area (Å²) in [6, 6.07) is 7.92. The van der Waals surface area contributed by atoms with Crippen LogP contribution in [0.1, 0.15) is 31.7 Å². The molecule has 1 saturated heterocycles. The van der Waals surface area contributed by atoms with Crippen molar-refractivity contribution in [2.24, 2.45) is 16.6 Å². The Labute approximate surface area is 167 Å². The number of para-hydroxylation sites is 1. The summed E-state index contributed by atoms with van der Waals surface area (Å²) in [5.74, 6) is 1.82. The van der Waals surface area contributed by atoms with Crippen molar-refractivity contribution in [2.75, 3.05) is 26.7 Å². The standard InChI is InChI=1S/C18H28N4O2.HI/c1-3-20-18(21-12-15-8-4-5-9-16(15)24-2)22-10-6-7-14(13-22)11-17(19)23;/h4-5,8-9,14H,3,6-7,10-13H2,1-2H3,(H2,19,23)(H,20,21);1H. The van der Waals surface area contributed by atoms with Gasteiger partial charge in [0.25, 0.3) is 0 Å². The molecule has 1 amide bonds. The first-order valence-electron chi connectivity index (χ1n) is 8.57. The van der Waals surface area contributed by atoms with Gasteiger partial charge in [0.15, 0.2) is 5.96 Å². The Balaban J connectivity index is 0.00000312. The lowest BCUT2D eigenvalue weighted by Crippen LogP contribution is -2.47. The lowest BCUT2D eigenvalue weighted by atomic mass is 9.95. The van der Waals surface area contributed by atoms with Gasteiger partial charge >= 0.3 is 0 Å². The van der Waals surface area contributed by atoms with E-state index in [9.17, 15) is 4.79 Å². The number of carbonyl (C=O) groups excluding carboxylic acids is 1. The molecular formula is C18H29IN4O2. The van der Waals surface area contributed by atoms with Crippen LogP contribution < -0.4 is 15.8 Å². The molecule has 0 saturated carbocycles. The number of methoxy groups -OCH3 is 1. The van der Waals surface area contributed by atoms with E-state index in [-0.39, 0.29) is 29.9 Å². The quantitative estimate of drug-likeness (QED) is 0.388. The minimum Gasteiger partial charge on any atom is -0.496 e. The summed E-state index contributed by atoms with van der Waals surface area (Å²) in [4.78, 5) is 18.2. The molecule has 1 aliphatic rings. The molecule has 25 heavy (non-hydrogen) atoms. The number of amides is 1. The average molecular weight is 460 g/mol. The summed E-state index contributed by atoms with van der Waals surface area (Å²) >= 11 is 0. The lowest BCUT2D eigenvalue weighted by molar-refractivity contribution is -0.119. The molecule has 1 unspecified atom stereocenters. The van der Waals surface area contributed by atoms with E-state index in [2.05, 4.69) is 17.1 Å². The Morgan fingerprint density at radius 3 is 2.88 bits per heavy atom.